The second kappa shape index (κ2) is 3.83. The highest BCUT2D eigenvalue weighted by Gasteiger charge is 2.07. The topological polar surface area (TPSA) is 65.8 Å². The Hall–Kier alpha value is -1.41. The maximum absolute atomic E-state index is 11.0. The molecule has 62 valence electrons. The van der Waals surface area contributed by atoms with Gasteiger partial charge in [0.2, 0.25) is 0 Å². The zero-order valence-electron chi connectivity index (χ0n) is 6.50. The normalized spacial score (nSPS) is 9.00. The summed E-state index contributed by atoms with van der Waals surface area (Å²) >= 11 is 1.25. The van der Waals surface area contributed by atoms with E-state index < -0.39 is 0 Å². The van der Waals surface area contributed by atoms with Crippen molar-refractivity contribution in [2.24, 2.45) is 0 Å². The maximum atomic E-state index is 11.0. The molecule has 0 spiro atoms. The molecule has 0 saturated carbocycles. The second-order valence-corrected chi connectivity index (χ2v) is 2.92. The summed E-state index contributed by atoms with van der Waals surface area (Å²) in [6, 6.07) is 1.97. The van der Waals surface area contributed by atoms with E-state index in [0.29, 0.717) is 10.7 Å². The summed E-state index contributed by atoms with van der Waals surface area (Å²) in [6.45, 7) is 0. The number of nitrogens with one attached hydrogen (secondary N) is 1. The van der Waals surface area contributed by atoms with E-state index in [4.69, 9.17) is 5.26 Å². The van der Waals surface area contributed by atoms with Crippen molar-refractivity contribution >= 4 is 17.2 Å². The number of rotatable bonds is 2. The number of carbonyl (C=O) groups is 1. The average molecular weight is 181 g/mol. The third-order valence-corrected chi connectivity index (χ3v) is 2.12. The lowest BCUT2D eigenvalue weighted by Crippen LogP contribution is -2.17. The molecule has 0 aliphatic carbocycles. The SMILES string of the molecule is CNC(=O)c1nc(CC#N)cs1. The van der Waals surface area contributed by atoms with E-state index in [9.17, 15) is 4.79 Å². The van der Waals surface area contributed by atoms with Gasteiger partial charge in [0.05, 0.1) is 18.2 Å². The molecule has 1 rings (SSSR count). The van der Waals surface area contributed by atoms with E-state index in [1.54, 1.807) is 12.4 Å². The number of aromatic nitrogens is 1. The number of hydrogen-bond acceptors (Lipinski definition) is 4. The predicted molar refractivity (Wildman–Crippen MR) is 44.8 cm³/mol. The van der Waals surface area contributed by atoms with Crippen molar-refractivity contribution in [2.75, 3.05) is 7.05 Å². The lowest BCUT2D eigenvalue weighted by molar-refractivity contribution is 0.0962. The molecule has 0 aliphatic heterocycles. The summed E-state index contributed by atoms with van der Waals surface area (Å²) in [5.74, 6) is -0.204. The zero-order chi connectivity index (χ0) is 8.97. The molecule has 1 aromatic rings. The molecule has 0 bridgehead atoms. The second-order valence-electron chi connectivity index (χ2n) is 2.06. The molecule has 5 heteroatoms. The molecule has 1 amide bonds. The lowest BCUT2D eigenvalue weighted by Gasteiger charge is -1.90. The van der Waals surface area contributed by atoms with E-state index in [-0.39, 0.29) is 12.3 Å². The van der Waals surface area contributed by atoms with Crippen molar-refractivity contribution in [3.05, 3.63) is 16.1 Å². The van der Waals surface area contributed by atoms with Crippen molar-refractivity contribution in [3.8, 4) is 6.07 Å². The maximum Gasteiger partial charge on any atom is 0.280 e. The molecule has 0 fully saturated rings. The summed E-state index contributed by atoms with van der Waals surface area (Å²) < 4.78 is 0. The summed E-state index contributed by atoms with van der Waals surface area (Å²) in [5.41, 5.74) is 0.654. The van der Waals surface area contributed by atoms with Gasteiger partial charge in [0.15, 0.2) is 5.01 Å². The Kier molecular flexibility index (Phi) is 2.77. The molecule has 0 saturated heterocycles. The number of thiazole rings is 1. The van der Waals surface area contributed by atoms with Gasteiger partial charge in [0.25, 0.3) is 5.91 Å². The Labute approximate surface area is 73.9 Å². The molecule has 1 aromatic heterocycles. The molecule has 0 radical (unpaired) electrons. The van der Waals surface area contributed by atoms with Crippen LogP contribution in [-0.2, 0) is 6.42 Å². The van der Waals surface area contributed by atoms with Crippen molar-refractivity contribution in [3.63, 3.8) is 0 Å². The van der Waals surface area contributed by atoms with E-state index in [1.807, 2.05) is 6.07 Å². The van der Waals surface area contributed by atoms with Gasteiger partial charge in [-0.2, -0.15) is 5.26 Å². The van der Waals surface area contributed by atoms with Crippen LogP contribution in [0, 0.1) is 11.3 Å². The zero-order valence-corrected chi connectivity index (χ0v) is 7.31. The van der Waals surface area contributed by atoms with Crippen LogP contribution in [0.3, 0.4) is 0 Å². The smallest absolute Gasteiger partial charge is 0.280 e. The minimum absolute atomic E-state index is 0.204. The molecule has 0 unspecified atom stereocenters. The number of carbonyl (C=O) groups excluding carboxylic acids is 1. The van der Waals surface area contributed by atoms with Gasteiger partial charge < -0.3 is 5.32 Å². The summed E-state index contributed by atoms with van der Waals surface area (Å²) in [7, 11) is 1.55. The molecular formula is C7H7N3OS. The first-order valence-electron chi connectivity index (χ1n) is 3.31. The molecule has 4 nitrogen and oxygen atoms in total. The van der Waals surface area contributed by atoms with Crippen LogP contribution in [0.4, 0.5) is 0 Å². The van der Waals surface area contributed by atoms with E-state index >= 15 is 0 Å². The predicted octanol–water partition coefficient (Wildman–Crippen LogP) is 0.569. The average Bonchev–Trinajstić information content (AvgIpc) is 2.52. The van der Waals surface area contributed by atoms with Crippen molar-refractivity contribution in [2.45, 2.75) is 6.42 Å². The fourth-order valence-corrected chi connectivity index (χ4v) is 1.44. The van der Waals surface area contributed by atoms with Crippen molar-refractivity contribution < 1.29 is 4.79 Å². The molecule has 0 aromatic carbocycles. The molecule has 12 heavy (non-hydrogen) atoms. The summed E-state index contributed by atoms with van der Waals surface area (Å²) in [5, 5.41) is 12.9. The third kappa shape index (κ3) is 1.80. The van der Waals surface area contributed by atoms with Gasteiger partial charge in [-0.3, -0.25) is 4.79 Å². The Morgan fingerprint density at radius 2 is 2.67 bits per heavy atom. The molecular weight excluding hydrogens is 174 g/mol. The highest BCUT2D eigenvalue weighted by Crippen LogP contribution is 2.09. The molecule has 1 N–H and O–H groups in total. The quantitative estimate of drug-likeness (QED) is 0.725. The number of nitrogens with zero attached hydrogens (tertiary/aromatic N) is 2. The van der Waals surface area contributed by atoms with Crippen LogP contribution in [0.25, 0.3) is 0 Å². The van der Waals surface area contributed by atoms with Gasteiger partial charge in [-0.15, -0.1) is 11.3 Å². The number of hydrogen-bond donors (Lipinski definition) is 1. The number of nitriles is 1. The van der Waals surface area contributed by atoms with E-state index in [1.165, 1.54) is 11.3 Å². The highest BCUT2D eigenvalue weighted by atomic mass is 32.1. The standard InChI is InChI=1S/C7H7N3OS/c1-9-6(11)7-10-5(2-3-8)4-12-7/h4H,2H2,1H3,(H,9,11). The van der Waals surface area contributed by atoms with Crippen molar-refractivity contribution in [1.29, 1.82) is 5.26 Å². The Morgan fingerprint density at radius 3 is 3.25 bits per heavy atom. The molecule has 0 atom stereocenters. The first kappa shape index (κ1) is 8.68. The summed E-state index contributed by atoms with van der Waals surface area (Å²) in [6.07, 6.45) is 0.257. The van der Waals surface area contributed by atoms with Crippen LogP contribution in [-0.4, -0.2) is 17.9 Å². The Balaban J connectivity index is 2.78. The van der Waals surface area contributed by atoms with Gasteiger partial charge in [0, 0.05) is 12.4 Å². The minimum atomic E-state index is -0.204. The fraction of sp³-hybridized carbons (Fsp3) is 0.286. The fourth-order valence-electron chi connectivity index (χ4n) is 0.680. The van der Waals surface area contributed by atoms with Gasteiger partial charge >= 0.3 is 0 Å². The van der Waals surface area contributed by atoms with Crippen LogP contribution < -0.4 is 5.32 Å². The summed E-state index contributed by atoms with van der Waals surface area (Å²) in [4.78, 5) is 14.9. The van der Waals surface area contributed by atoms with Crippen LogP contribution >= 0.6 is 11.3 Å². The minimum Gasteiger partial charge on any atom is -0.353 e. The lowest BCUT2D eigenvalue weighted by atomic mass is 10.4. The van der Waals surface area contributed by atoms with Crippen LogP contribution in [0.15, 0.2) is 5.38 Å². The number of amides is 1. The monoisotopic (exact) mass is 181 g/mol. The van der Waals surface area contributed by atoms with Gasteiger partial charge in [0.1, 0.15) is 0 Å². The Morgan fingerprint density at radius 1 is 1.92 bits per heavy atom. The van der Waals surface area contributed by atoms with Crippen LogP contribution in [0.1, 0.15) is 15.5 Å². The molecule has 0 aliphatic rings. The van der Waals surface area contributed by atoms with Gasteiger partial charge in [-0.05, 0) is 0 Å². The largest absolute Gasteiger partial charge is 0.353 e. The Bertz CT molecular complexity index is 326. The van der Waals surface area contributed by atoms with Gasteiger partial charge in [-0.25, -0.2) is 4.98 Å². The first-order chi connectivity index (χ1) is 5.77. The highest BCUT2D eigenvalue weighted by molar-refractivity contribution is 7.11. The van der Waals surface area contributed by atoms with Gasteiger partial charge in [-0.1, -0.05) is 0 Å². The first-order valence-corrected chi connectivity index (χ1v) is 4.19. The van der Waals surface area contributed by atoms with Crippen LogP contribution in [0.5, 0.6) is 0 Å². The molecule has 1 heterocycles. The van der Waals surface area contributed by atoms with E-state index in [2.05, 4.69) is 10.3 Å². The van der Waals surface area contributed by atoms with E-state index in [0.717, 1.165) is 0 Å². The van der Waals surface area contributed by atoms with Crippen LogP contribution in [0.2, 0.25) is 0 Å². The third-order valence-electron chi connectivity index (χ3n) is 1.23. The van der Waals surface area contributed by atoms with Crippen molar-refractivity contribution in [1.82, 2.24) is 10.3 Å².